The second-order valence-corrected chi connectivity index (χ2v) is 6.51. The molecule has 0 aliphatic carbocycles. The van der Waals surface area contributed by atoms with Crippen LogP contribution in [0.5, 0.6) is 0 Å². The van der Waals surface area contributed by atoms with Crippen LogP contribution in [0.4, 0.5) is 5.69 Å². The number of piperidine rings is 1. The van der Waals surface area contributed by atoms with E-state index in [2.05, 4.69) is 64.1 Å². The van der Waals surface area contributed by atoms with E-state index in [1.165, 1.54) is 34.9 Å². The number of hydrogen-bond donors (Lipinski definition) is 1. The Balaban J connectivity index is 1.70. The Morgan fingerprint density at radius 1 is 1.18 bits per heavy atom. The summed E-state index contributed by atoms with van der Waals surface area (Å²) in [4.78, 5) is 2.59. The Hall–Kier alpha value is -0.290. The third kappa shape index (κ3) is 2.32. The van der Waals surface area contributed by atoms with Crippen LogP contribution in [0.2, 0.25) is 0 Å². The van der Waals surface area contributed by atoms with Crippen LogP contribution in [0.3, 0.4) is 0 Å². The van der Waals surface area contributed by atoms with Gasteiger partial charge in [-0.2, -0.15) is 0 Å². The van der Waals surface area contributed by atoms with Gasteiger partial charge >= 0.3 is 0 Å². The minimum absolute atomic E-state index is 0.666. The number of benzene rings is 1. The lowest BCUT2D eigenvalue weighted by atomic mass is 9.98. The highest BCUT2D eigenvalue weighted by Crippen LogP contribution is 2.35. The van der Waals surface area contributed by atoms with E-state index in [4.69, 9.17) is 0 Å². The van der Waals surface area contributed by atoms with Gasteiger partial charge in [0.15, 0.2) is 0 Å². The SMILES string of the molecule is CN1[C@@H]2CC[C@H]1CC(Nc1ccccc1I)C2. The summed E-state index contributed by atoms with van der Waals surface area (Å²) in [5, 5.41) is 3.74. The van der Waals surface area contributed by atoms with E-state index >= 15 is 0 Å². The lowest BCUT2D eigenvalue weighted by Gasteiger charge is -2.37. The third-order valence-corrected chi connectivity index (χ3v) is 5.27. The fourth-order valence-corrected chi connectivity index (χ4v) is 3.87. The largest absolute Gasteiger partial charge is 0.381 e. The van der Waals surface area contributed by atoms with E-state index < -0.39 is 0 Å². The molecule has 0 amide bonds. The van der Waals surface area contributed by atoms with Crippen LogP contribution in [0.1, 0.15) is 25.7 Å². The van der Waals surface area contributed by atoms with Gasteiger partial charge in [0.1, 0.15) is 0 Å². The maximum absolute atomic E-state index is 3.74. The van der Waals surface area contributed by atoms with Crippen molar-refractivity contribution < 1.29 is 0 Å². The summed E-state index contributed by atoms with van der Waals surface area (Å²) in [6.45, 7) is 0. The highest BCUT2D eigenvalue weighted by Gasteiger charge is 2.38. The molecular weight excluding hydrogens is 323 g/mol. The second-order valence-electron chi connectivity index (χ2n) is 5.34. The summed E-state index contributed by atoms with van der Waals surface area (Å²) in [5.74, 6) is 0. The minimum atomic E-state index is 0.666. The maximum atomic E-state index is 3.74. The van der Waals surface area contributed by atoms with Gasteiger partial charge in [-0.1, -0.05) is 12.1 Å². The molecule has 0 spiro atoms. The fraction of sp³-hybridized carbons (Fsp3) is 0.571. The van der Waals surface area contributed by atoms with Crippen molar-refractivity contribution in [1.82, 2.24) is 4.90 Å². The Morgan fingerprint density at radius 2 is 1.82 bits per heavy atom. The number of nitrogens with one attached hydrogen (secondary N) is 1. The summed E-state index contributed by atoms with van der Waals surface area (Å²) >= 11 is 2.41. The molecule has 1 unspecified atom stereocenters. The molecule has 1 N–H and O–H groups in total. The number of anilines is 1. The lowest BCUT2D eigenvalue weighted by molar-refractivity contribution is 0.169. The molecule has 17 heavy (non-hydrogen) atoms. The Labute approximate surface area is 117 Å². The predicted molar refractivity (Wildman–Crippen MR) is 80.4 cm³/mol. The molecule has 2 fully saturated rings. The van der Waals surface area contributed by atoms with Crippen LogP contribution >= 0.6 is 22.6 Å². The van der Waals surface area contributed by atoms with Crippen molar-refractivity contribution in [3.63, 3.8) is 0 Å². The zero-order chi connectivity index (χ0) is 11.8. The molecular formula is C14H19IN2. The predicted octanol–water partition coefficient (Wildman–Crippen LogP) is 3.33. The van der Waals surface area contributed by atoms with Gasteiger partial charge < -0.3 is 10.2 Å². The average molecular weight is 342 g/mol. The Morgan fingerprint density at radius 3 is 2.47 bits per heavy atom. The molecule has 0 radical (unpaired) electrons. The minimum Gasteiger partial charge on any atom is -0.381 e. The summed E-state index contributed by atoms with van der Waals surface area (Å²) in [7, 11) is 2.30. The molecule has 2 saturated heterocycles. The first-order chi connectivity index (χ1) is 8.24. The Bertz CT molecular complexity index is 393. The van der Waals surface area contributed by atoms with Crippen LogP contribution < -0.4 is 5.32 Å². The van der Waals surface area contributed by atoms with Crippen molar-refractivity contribution >= 4 is 28.3 Å². The molecule has 0 saturated carbocycles. The molecule has 3 rings (SSSR count). The second kappa shape index (κ2) is 4.76. The van der Waals surface area contributed by atoms with E-state index in [0.29, 0.717) is 6.04 Å². The zero-order valence-electron chi connectivity index (χ0n) is 10.2. The van der Waals surface area contributed by atoms with E-state index in [1.807, 2.05) is 0 Å². The molecule has 2 aliphatic heterocycles. The van der Waals surface area contributed by atoms with Gasteiger partial charge in [0.2, 0.25) is 0 Å². The maximum Gasteiger partial charge on any atom is 0.0478 e. The topological polar surface area (TPSA) is 15.3 Å². The lowest BCUT2D eigenvalue weighted by Crippen LogP contribution is -2.44. The number of hydrogen-bond acceptors (Lipinski definition) is 2. The monoisotopic (exact) mass is 342 g/mol. The van der Waals surface area contributed by atoms with Crippen LogP contribution in [0, 0.1) is 3.57 Å². The van der Waals surface area contributed by atoms with Gasteiger partial charge in [0.05, 0.1) is 0 Å². The van der Waals surface area contributed by atoms with Crippen molar-refractivity contribution in [2.24, 2.45) is 0 Å². The van der Waals surface area contributed by atoms with Crippen LogP contribution in [-0.4, -0.2) is 30.1 Å². The number of rotatable bonds is 2. The third-order valence-electron chi connectivity index (χ3n) is 4.33. The van der Waals surface area contributed by atoms with Gasteiger partial charge in [-0.15, -0.1) is 0 Å². The molecule has 92 valence electrons. The first-order valence-electron chi connectivity index (χ1n) is 6.47. The highest BCUT2D eigenvalue weighted by atomic mass is 127. The van der Waals surface area contributed by atoms with E-state index in [0.717, 1.165) is 12.1 Å². The molecule has 0 aromatic heterocycles. The van der Waals surface area contributed by atoms with Crippen LogP contribution in [-0.2, 0) is 0 Å². The molecule has 3 heteroatoms. The highest BCUT2D eigenvalue weighted by molar-refractivity contribution is 14.1. The number of para-hydroxylation sites is 1. The van der Waals surface area contributed by atoms with Crippen molar-refractivity contribution in [2.75, 3.05) is 12.4 Å². The average Bonchev–Trinajstić information content (AvgIpc) is 2.55. The van der Waals surface area contributed by atoms with Crippen molar-refractivity contribution in [2.45, 2.75) is 43.8 Å². The van der Waals surface area contributed by atoms with Gasteiger partial charge in [-0.3, -0.25) is 0 Å². The van der Waals surface area contributed by atoms with E-state index in [9.17, 15) is 0 Å². The summed E-state index contributed by atoms with van der Waals surface area (Å²) < 4.78 is 1.33. The normalized spacial score (nSPS) is 32.7. The van der Waals surface area contributed by atoms with Gasteiger partial charge in [-0.05, 0) is 67.5 Å². The van der Waals surface area contributed by atoms with Crippen molar-refractivity contribution in [1.29, 1.82) is 0 Å². The van der Waals surface area contributed by atoms with Gasteiger partial charge in [0, 0.05) is 27.4 Å². The molecule has 1 aromatic carbocycles. The number of fused-ring (bicyclic) bond motifs is 2. The number of halogens is 1. The molecule has 2 heterocycles. The van der Waals surface area contributed by atoms with Crippen LogP contribution in [0.25, 0.3) is 0 Å². The first kappa shape index (κ1) is 11.8. The summed E-state index contributed by atoms with van der Waals surface area (Å²) in [6, 6.07) is 10.9. The van der Waals surface area contributed by atoms with E-state index in [1.54, 1.807) is 0 Å². The number of nitrogens with zero attached hydrogens (tertiary/aromatic N) is 1. The first-order valence-corrected chi connectivity index (χ1v) is 7.55. The zero-order valence-corrected chi connectivity index (χ0v) is 12.4. The van der Waals surface area contributed by atoms with Crippen LogP contribution in [0.15, 0.2) is 24.3 Å². The quantitative estimate of drug-likeness (QED) is 0.830. The van der Waals surface area contributed by atoms with Gasteiger partial charge in [-0.25, -0.2) is 0 Å². The molecule has 3 atom stereocenters. The smallest absolute Gasteiger partial charge is 0.0478 e. The molecule has 2 nitrogen and oxygen atoms in total. The molecule has 1 aromatic rings. The van der Waals surface area contributed by atoms with Gasteiger partial charge in [0.25, 0.3) is 0 Å². The molecule has 2 bridgehead atoms. The van der Waals surface area contributed by atoms with Crippen molar-refractivity contribution in [3.05, 3.63) is 27.8 Å². The molecule has 2 aliphatic rings. The standard InChI is InChI=1S/C14H19IN2/c1-17-11-6-7-12(17)9-10(8-11)16-14-5-3-2-4-13(14)15/h2-5,10-12,16H,6-9H2,1H3/t10?,11-,12+. The van der Waals surface area contributed by atoms with E-state index in [-0.39, 0.29) is 0 Å². The Kier molecular flexibility index (Phi) is 3.30. The summed E-state index contributed by atoms with van der Waals surface area (Å²) in [6.07, 6.45) is 5.40. The van der Waals surface area contributed by atoms with Crippen molar-refractivity contribution in [3.8, 4) is 0 Å². The summed E-state index contributed by atoms with van der Waals surface area (Å²) in [5.41, 5.74) is 1.31. The fourth-order valence-electron chi connectivity index (χ4n) is 3.33.